The Morgan fingerprint density at radius 2 is 2.15 bits per heavy atom. The Morgan fingerprint density at radius 1 is 1.35 bits per heavy atom. The number of hydrogen-bond acceptors (Lipinski definition) is 5. The Morgan fingerprint density at radius 3 is 2.92 bits per heavy atom. The fourth-order valence-electron chi connectivity index (χ4n) is 3.33. The van der Waals surface area contributed by atoms with Crippen molar-refractivity contribution in [2.24, 2.45) is 0 Å². The molecule has 4 nitrogen and oxygen atoms in total. The third kappa shape index (κ3) is 3.08. The van der Waals surface area contributed by atoms with Crippen molar-refractivity contribution in [1.29, 1.82) is 0 Å². The van der Waals surface area contributed by atoms with Crippen LogP contribution in [-0.4, -0.2) is 28.0 Å². The normalized spacial score (nSPS) is 14.7. The molecule has 0 N–H and O–H groups in total. The fourth-order valence-corrected chi connectivity index (χ4v) is 5.72. The second kappa shape index (κ2) is 7.13. The zero-order chi connectivity index (χ0) is 18.3. The molecule has 0 spiro atoms. The molecule has 0 unspecified atom stereocenters. The minimum absolute atomic E-state index is 0.0376. The Hall–Kier alpha value is -1.70. The molecule has 1 aromatic carbocycles. The summed E-state index contributed by atoms with van der Waals surface area (Å²) in [5.41, 5.74) is 1.84. The Balaban J connectivity index is 1.75. The first kappa shape index (κ1) is 17.7. The van der Waals surface area contributed by atoms with E-state index in [1.165, 1.54) is 28.3 Å². The van der Waals surface area contributed by atoms with Gasteiger partial charge in [0.1, 0.15) is 10.6 Å². The van der Waals surface area contributed by atoms with Crippen molar-refractivity contribution in [3.63, 3.8) is 0 Å². The van der Waals surface area contributed by atoms with Crippen LogP contribution >= 0.6 is 23.1 Å². The van der Waals surface area contributed by atoms with Crippen molar-refractivity contribution >= 4 is 33.3 Å². The van der Waals surface area contributed by atoms with Gasteiger partial charge >= 0.3 is 0 Å². The molecule has 136 valence electrons. The van der Waals surface area contributed by atoms with E-state index < -0.39 is 0 Å². The highest BCUT2D eigenvalue weighted by Gasteiger charge is 2.23. The number of hydrogen-bond donors (Lipinski definition) is 0. The van der Waals surface area contributed by atoms with Gasteiger partial charge in [-0.15, -0.1) is 11.3 Å². The quantitative estimate of drug-likeness (QED) is 0.501. The molecular formula is C19H20FN3OS2. The largest absolute Gasteiger partial charge is 0.301 e. The van der Waals surface area contributed by atoms with Crippen LogP contribution < -0.4 is 5.56 Å². The average Bonchev–Trinajstić information content (AvgIpc) is 2.98. The van der Waals surface area contributed by atoms with E-state index in [1.807, 2.05) is 13.0 Å². The number of aromatic nitrogens is 2. The summed E-state index contributed by atoms with van der Waals surface area (Å²) in [6.45, 7) is 4.36. The zero-order valence-corrected chi connectivity index (χ0v) is 16.4. The van der Waals surface area contributed by atoms with Gasteiger partial charge in [-0.05, 0) is 37.6 Å². The first-order chi connectivity index (χ1) is 12.6. The number of benzene rings is 1. The molecule has 0 radical (unpaired) electrons. The predicted molar refractivity (Wildman–Crippen MR) is 106 cm³/mol. The van der Waals surface area contributed by atoms with Crippen LogP contribution in [0.15, 0.2) is 34.2 Å². The van der Waals surface area contributed by atoms with Crippen LogP contribution in [0.5, 0.6) is 0 Å². The number of thiophene rings is 1. The maximum Gasteiger partial charge on any atom is 0.263 e. The second-order valence-electron chi connectivity index (χ2n) is 6.50. The molecule has 0 saturated carbocycles. The lowest BCUT2D eigenvalue weighted by Crippen LogP contribution is -2.27. The van der Waals surface area contributed by atoms with E-state index in [2.05, 4.69) is 11.9 Å². The van der Waals surface area contributed by atoms with E-state index >= 15 is 0 Å². The second-order valence-corrected chi connectivity index (χ2v) is 8.52. The summed E-state index contributed by atoms with van der Waals surface area (Å²) in [6.07, 6.45) is 0.897. The lowest BCUT2D eigenvalue weighted by Gasteiger charge is -2.21. The van der Waals surface area contributed by atoms with Gasteiger partial charge in [-0.3, -0.25) is 9.36 Å². The smallest absolute Gasteiger partial charge is 0.263 e. The first-order valence-corrected chi connectivity index (χ1v) is 10.5. The summed E-state index contributed by atoms with van der Waals surface area (Å²) in [7, 11) is 2.10. The van der Waals surface area contributed by atoms with E-state index in [1.54, 1.807) is 28.0 Å². The van der Waals surface area contributed by atoms with E-state index in [0.29, 0.717) is 23.0 Å². The molecule has 26 heavy (non-hydrogen) atoms. The van der Waals surface area contributed by atoms with Crippen LogP contribution in [0.4, 0.5) is 4.39 Å². The van der Waals surface area contributed by atoms with Gasteiger partial charge in [0, 0.05) is 30.3 Å². The fraction of sp³-hybridized carbons (Fsp3) is 0.368. The maximum atomic E-state index is 13.9. The SMILES string of the molecule is CCn1c(SCc2ccccc2F)nc2sc3c(c2c1=O)CCN(C)C3. The van der Waals surface area contributed by atoms with E-state index in [9.17, 15) is 9.18 Å². The van der Waals surface area contributed by atoms with Crippen molar-refractivity contribution in [2.75, 3.05) is 13.6 Å². The Bertz CT molecular complexity index is 1030. The van der Waals surface area contributed by atoms with Crippen LogP contribution in [0.25, 0.3) is 10.2 Å². The van der Waals surface area contributed by atoms with Gasteiger partial charge in [0.05, 0.1) is 5.39 Å². The van der Waals surface area contributed by atoms with Crippen LogP contribution in [0.1, 0.15) is 22.9 Å². The minimum atomic E-state index is -0.221. The molecule has 2 aromatic heterocycles. The lowest BCUT2D eigenvalue weighted by molar-refractivity contribution is 0.318. The molecule has 1 aliphatic heterocycles. The molecule has 0 saturated heterocycles. The molecule has 0 bridgehead atoms. The summed E-state index contributed by atoms with van der Waals surface area (Å²) in [5.74, 6) is 0.236. The van der Waals surface area contributed by atoms with Crippen molar-refractivity contribution in [3.05, 3.63) is 56.4 Å². The Kier molecular flexibility index (Phi) is 4.86. The standard InChI is InChI=1S/C19H20FN3OS2/c1-3-23-18(24)16-13-8-9-22(2)10-15(13)26-17(16)21-19(23)25-11-12-6-4-5-7-14(12)20/h4-7H,3,8-11H2,1-2H3. The highest BCUT2D eigenvalue weighted by Crippen LogP contribution is 2.33. The third-order valence-electron chi connectivity index (χ3n) is 4.75. The van der Waals surface area contributed by atoms with Crippen molar-refractivity contribution in [1.82, 2.24) is 14.5 Å². The molecule has 3 heterocycles. The van der Waals surface area contributed by atoms with Gasteiger partial charge < -0.3 is 4.90 Å². The Labute approximate surface area is 159 Å². The molecule has 1 aliphatic rings. The number of fused-ring (bicyclic) bond motifs is 3. The van der Waals surface area contributed by atoms with Crippen molar-refractivity contribution in [2.45, 2.75) is 37.3 Å². The summed E-state index contributed by atoms with van der Waals surface area (Å²) < 4.78 is 15.6. The van der Waals surface area contributed by atoms with Gasteiger partial charge in [0.15, 0.2) is 5.16 Å². The number of nitrogens with zero attached hydrogens (tertiary/aromatic N) is 3. The first-order valence-electron chi connectivity index (χ1n) is 8.68. The number of halogens is 1. The molecular weight excluding hydrogens is 369 g/mol. The van der Waals surface area contributed by atoms with Crippen LogP contribution in [-0.2, 0) is 25.3 Å². The van der Waals surface area contributed by atoms with Crippen LogP contribution in [0, 0.1) is 5.82 Å². The zero-order valence-electron chi connectivity index (χ0n) is 14.8. The molecule has 0 fully saturated rings. The van der Waals surface area contributed by atoms with Gasteiger partial charge in [-0.25, -0.2) is 9.37 Å². The monoisotopic (exact) mass is 389 g/mol. The topological polar surface area (TPSA) is 38.1 Å². The highest BCUT2D eigenvalue weighted by atomic mass is 32.2. The highest BCUT2D eigenvalue weighted by molar-refractivity contribution is 7.98. The molecule has 0 aliphatic carbocycles. The number of rotatable bonds is 4. The lowest BCUT2D eigenvalue weighted by atomic mass is 10.1. The van der Waals surface area contributed by atoms with Gasteiger partial charge in [-0.2, -0.15) is 0 Å². The minimum Gasteiger partial charge on any atom is -0.301 e. The third-order valence-corrected chi connectivity index (χ3v) is 6.88. The molecule has 0 amide bonds. The number of thioether (sulfide) groups is 1. The van der Waals surface area contributed by atoms with Gasteiger partial charge in [0.25, 0.3) is 5.56 Å². The van der Waals surface area contributed by atoms with E-state index in [0.717, 1.165) is 29.7 Å². The van der Waals surface area contributed by atoms with Crippen molar-refractivity contribution < 1.29 is 4.39 Å². The summed E-state index contributed by atoms with van der Waals surface area (Å²) in [6, 6.07) is 6.74. The van der Waals surface area contributed by atoms with Crippen LogP contribution in [0.3, 0.4) is 0 Å². The van der Waals surface area contributed by atoms with E-state index in [4.69, 9.17) is 4.98 Å². The molecule has 0 atom stereocenters. The van der Waals surface area contributed by atoms with Gasteiger partial charge in [-0.1, -0.05) is 30.0 Å². The van der Waals surface area contributed by atoms with Crippen LogP contribution in [0.2, 0.25) is 0 Å². The molecule has 4 rings (SSSR count). The van der Waals surface area contributed by atoms with Gasteiger partial charge in [0.2, 0.25) is 0 Å². The summed E-state index contributed by atoms with van der Waals surface area (Å²) in [5, 5.41) is 1.45. The number of likely N-dealkylation sites (N-methyl/N-ethyl adjacent to an activating group) is 1. The molecule has 3 aromatic rings. The van der Waals surface area contributed by atoms with Crippen molar-refractivity contribution in [3.8, 4) is 0 Å². The predicted octanol–water partition coefficient (Wildman–Crippen LogP) is 3.90. The average molecular weight is 390 g/mol. The van der Waals surface area contributed by atoms with E-state index in [-0.39, 0.29) is 11.4 Å². The molecule has 7 heteroatoms. The summed E-state index contributed by atoms with van der Waals surface area (Å²) >= 11 is 3.04. The maximum absolute atomic E-state index is 13.9. The summed E-state index contributed by atoms with van der Waals surface area (Å²) in [4.78, 5) is 22.2.